The Morgan fingerprint density at radius 3 is 2.38 bits per heavy atom. The van der Waals surface area contributed by atoms with Crippen LogP contribution in [0.4, 0.5) is 0 Å². The molecule has 76 valence electrons. The van der Waals surface area contributed by atoms with Gasteiger partial charge in [0, 0.05) is 11.6 Å². The summed E-state index contributed by atoms with van der Waals surface area (Å²) >= 11 is 5.22. The van der Waals surface area contributed by atoms with Crippen LogP contribution in [0.25, 0.3) is 0 Å². The van der Waals surface area contributed by atoms with E-state index in [2.05, 4.69) is 31.4 Å². The Balaban J connectivity index is 2.34. The Morgan fingerprint density at radius 2 is 2.08 bits per heavy atom. The molecule has 2 N–H and O–H groups in total. The van der Waals surface area contributed by atoms with Crippen molar-refractivity contribution in [1.29, 1.82) is 0 Å². The Morgan fingerprint density at radius 1 is 1.46 bits per heavy atom. The average Bonchev–Trinajstić information content (AvgIpc) is 1.95. The average molecular weight is 200 g/mol. The topological polar surface area (TPSA) is 24.1 Å². The van der Waals surface area contributed by atoms with Crippen LogP contribution in [0.5, 0.6) is 0 Å². The second-order valence-corrected chi connectivity index (χ2v) is 4.65. The van der Waals surface area contributed by atoms with Gasteiger partial charge in [0.05, 0.1) is 0 Å². The minimum Gasteiger partial charge on any atom is -0.361 e. The van der Waals surface area contributed by atoms with E-state index >= 15 is 0 Å². The molecule has 0 unspecified atom stereocenters. The fourth-order valence-electron chi connectivity index (χ4n) is 1.71. The molecule has 0 aromatic rings. The lowest BCUT2D eigenvalue weighted by atomic mass is 9.75. The summed E-state index contributed by atoms with van der Waals surface area (Å²) in [5.74, 6) is 0. The molecular formula is C10H20N2S. The molecule has 1 aliphatic rings. The van der Waals surface area contributed by atoms with E-state index in [9.17, 15) is 0 Å². The molecule has 1 rings (SSSR count). The quantitative estimate of drug-likeness (QED) is 0.683. The van der Waals surface area contributed by atoms with Gasteiger partial charge < -0.3 is 10.6 Å². The van der Waals surface area contributed by atoms with E-state index in [1.165, 1.54) is 25.7 Å². The molecule has 0 spiro atoms. The normalized spacial score (nSPS) is 19.4. The zero-order chi connectivity index (χ0) is 9.90. The summed E-state index contributed by atoms with van der Waals surface area (Å²) in [6.07, 6.45) is 5.05. The fourth-order valence-corrected chi connectivity index (χ4v) is 2.16. The highest BCUT2D eigenvalue weighted by Gasteiger charge is 2.35. The maximum Gasteiger partial charge on any atom is 0.166 e. The molecule has 1 aliphatic carbocycles. The third-order valence-corrected chi connectivity index (χ3v) is 3.01. The smallest absolute Gasteiger partial charge is 0.166 e. The monoisotopic (exact) mass is 200 g/mol. The molecule has 0 aromatic carbocycles. The van der Waals surface area contributed by atoms with Gasteiger partial charge >= 0.3 is 0 Å². The molecule has 0 saturated heterocycles. The van der Waals surface area contributed by atoms with Gasteiger partial charge in [-0.1, -0.05) is 6.92 Å². The van der Waals surface area contributed by atoms with E-state index in [1.54, 1.807) is 0 Å². The van der Waals surface area contributed by atoms with Crippen LogP contribution in [0.15, 0.2) is 0 Å². The Kier molecular flexibility index (Phi) is 3.54. The minimum atomic E-state index is 0.318. The van der Waals surface area contributed by atoms with Gasteiger partial charge in [-0.25, -0.2) is 0 Å². The van der Waals surface area contributed by atoms with E-state index in [1.807, 2.05) is 0 Å². The predicted molar refractivity (Wildman–Crippen MR) is 60.9 cm³/mol. The molecule has 0 amide bonds. The number of rotatable bonds is 3. The Bertz CT molecular complexity index is 180. The molecular weight excluding hydrogens is 180 g/mol. The fraction of sp³-hybridized carbons (Fsp3) is 0.900. The van der Waals surface area contributed by atoms with Gasteiger partial charge in [0.25, 0.3) is 0 Å². The van der Waals surface area contributed by atoms with Crippen molar-refractivity contribution in [2.24, 2.45) is 0 Å². The highest BCUT2D eigenvalue weighted by atomic mass is 32.1. The van der Waals surface area contributed by atoms with E-state index in [0.29, 0.717) is 11.6 Å². The van der Waals surface area contributed by atoms with E-state index in [4.69, 9.17) is 12.2 Å². The Hall–Kier alpha value is -0.310. The van der Waals surface area contributed by atoms with Crippen molar-refractivity contribution < 1.29 is 0 Å². The lowest BCUT2D eigenvalue weighted by Gasteiger charge is -2.43. The first-order valence-electron chi connectivity index (χ1n) is 5.17. The van der Waals surface area contributed by atoms with Crippen molar-refractivity contribution >= 4 is 17.3 Å². The van der Waals surface area contributed by atoms with Crippen LogP contribution in [-0.4, -0.2) is 16.7 Å². The van der Waals surface area contributed by atoms with Crippen molar-refractivity contribution in [1.82, 2.24) is 10.6 Å². The number of hydrogen-bond acceptors (Lipinski definition) is 1. The van der Waals surface area contributed by atoms with Crippen molar-refractivity contribution in [3.05, 3.63) is 0 Å². The van der Waals surface area contributed by atoms with Crippen LogP contribution in [-0.2, 0) is 0 Å². The molecule has 0 heterocycles. The first-order valence-corrected chi connectivity index (χ1v) is 5.57. The summed E-state index contributed by atoms with van der Waals surface area (Å²) in [7, 11) is 0. The second kappa shape index (κ2) is 4.27. The van der Waals surface area contributed by atoms with Gasteiger partial charge in [0.1, 0.15) is 0 Å². The van der Waals surface area contributed by atoms with Crippen LogP contribution in [0.3, 0.4) is 0 Å². The lowest BCUT2D eigenvalue weighted by Crippen LogP contribution is -2.56. The van der Waals surface area contributed by atoms with E-state index < -0.39 is 0 Å². The SMILES string of the molecule is CCC1(NC(=S)NC(C)C)CCC1. The Labute approximate surface area is 86.5 Å². The second-order valence-electron chi connectivity index (χ2n) is 4.24. The standard InChI is InChI=1S/C10H20N2S/c1-4-10(6-5-7-10)12-9(13)11-8(2)3/h8H,4-7H2,1-3H3,(H2,11,12,13). The molecule has 0 bridgehead atoms. The van der Waals surface area contributed by atoms with Gasteiger partial charge in [0.15, 0.2) is 5.11 Å². The highest BCUT2D eigenvalue weighted by Crippen LogP contribution is 2.34. The van der Waals surface area contributed by atoms with Crippen molar-refractivity contribution in [3.8, 4) is 0 Å². The first-order chi connectivity index (χ1) is 6.08. The molecule has 1 saturated carbocycles. The summed E-state index contributed by atoms with van der Waals surface area (Å²) in [6.45, 7) is 6.44. The van der Waals surface area contributed by atoms with Crippen LogP contribution < -0.4 is 10.6 Å². The predicted octanol–water partition coefficient (Wildman–Crippen LogP) is 2.19. The molecule has 0 aliphatic heterocycles. The van der Waals surface area contributed by atoms with Crippen LogP contribution in [0.1, 0.15) is 46.5 Å². The van der Waals surface area contributed by atoms with Crippen molar-refractivity contribution in [2.45, 2.75) is 58.0 Å². The third kappa shape index (κ3) is 2.83. The molecule has 2 nitrogen and oxygen atoms in total. The van der Waals surface area contributed by atoms with Crippen molar-refractivity contribution in [2.75, 3.05) is 0 Å². The van der Waals surface area contributed by atoms with Crippen molar-refractivity contribution in [3.63, 3.8) is 0 Å². The third-order valence-electron chi connectivity index (χ3n) is 2.79. The van der Waals surface area contributed by atoms with E-state index in [-0.39, 0.29) is 0 Å². The van der Waals surface area contributed by atoms with E-state index in [0.717, 1.165) is 5.11 Å². The molecule has 0 radical (unpaired) electrons. The zero-order valence-corrected chi connectivity index (χ0v) is 9.63. The summed E-state index contributed by atoms with van der Waals surface area (Å²) in [5.41, 5.74) is 0.318. The van der Waals surface area contributed by atoms with Gasteiger partial charge in [-0.3, -0.25) is 0 Å². The summed E-state index contributed by atoms with van der Waals surface area (Å²) in [4.78, 5) is 0. The zero-order valence-electron chi connectivity index (χ0n) is 8.81. The van der Waals surface area contributed by atoms with Gasteiger partial charge in [0.2, 0.25) is 0 Å². The van der Waals surface area contributed by atoms with Gasteiger partial charge in [-0.2, -0.15) is 0 Å². The summed E-state index contributed by atoms with van der Waals surface area (Å²) in [5, 5.41) is 7.47. The largest absolute Gasteiger partial charge is 0.361 e. The molecule has 1 fully saturated rings. The molecule has 3 heteroatoms. The van der Waals surface area contributed by atoms with Crippen LogP contribution in [0.2, 0.25) is 0 Å². The minimum absolute atomic E-state index is 0.318. The lowest BCUT2D eigenvalue weighted by molar-refractivity contribution is 0.209. The molecule has 0 atom stereocenters. The summed E-state index contributed by atoms with van der Waals surface area (Å²) in [6, 6.07) is 0.425. The van der Waals surface area contributed by atoms with Crippen LogP contribution >= 0.6 is 12.2 Å². The number of hydrogen-bond donors (Lipinski definition) is 2. The number of thiocarbonyl (C=S) groups is 1. The molecule has 13 heavy (non-hydrogen) atoms. The van der Waals surface area contributed by atoms with Crippen LogP contribution in [0, 0.1) is 0 Å². The maximum absolute atomic E-state index is 5.22. The number of nitrogens with one attached hydrogen (secondary N) is 2. The van der Waals surface area contributed by atoms with Gasteiger partial charge in [-0.15, -0.1) is 0 Å². The summed E-state index contributed by atoms with van der Waals surface area (Å²) < 4.78 is 0. The first kappa shape index (κ1) is 10.8. The van der Waals surface area contributed by atoms with Gasteiger partial charge in [-0.05, 0) is 51.7 Å². The highest BCUT2D eigenvalue weighted by molar-refractivity contribution is 7.80. The maximum atomic E-state index is 5.22. The molecule has 0 aromatic heterocycles.